The zero-order valence-corrected chi connectivity index (χ0v) is 13.1. The first kappa shape index (κ1) is 16.6. The highest BCUT2D eigenvalue weighted by Crippen LogP contribution is 2.46. The standard InChI is InChI=1S/C8H12Cl4NO2P/c1-5(7(9)10)14-16(13(3)4)15-6(2)8(11)12/h1-4H3. The summed E-state index contributed by atoms with van der Waals surface area (Å²) in [5.74, 6) is 0.753. The number of allylic oxidation sites excluding steroid dienone is 2. The van der Waals surface area contributed by atoms with E-state index in [-0.39, 0.29) is 8.98 Å². The fourth-order valence-electron chi connectivity index (χ4n) is 0.485. The Morgan fingerprint density at radius 3 is 1.38 bits per heavy atom. The minimum Gasteiger partial charge on any atom is -0.429 e. The number of halogens is 4. The van der Waals surface area contributed by atoms with E-state index in [1.165, 1.54) is 0 Å². The van der Waals surface area contributed by atoms with Crippen molar-refractivity contribution < 1.29 is 9.05 Å². The van der Waals surface area contributed by atoms with Crippen LogP contribution in [-0.2, 0) is 9.05 Å². The van der Waals surface area contributed by atoms with Crippen molar-refractivity contribution in [3.8, 4) is 0 Å². The Hall–Kier alpha value is 0.630. The van der Waals surface area contributed by atoms with Gasteiger partial charge in [-0.1, -0.05) is 46.4 Å². The summed E-state index contributed by atoms with van der Waals surface area (Å²) in [6.45, 7) is 3.28. The third-order valence-corrected chi connectivity index (χ3v) is 3.87. The summed E-state index contributed by atoms with van der Waals surface area (Å²) < 4.78 is 12.7. The minimum absolute atomic E-state index is 0.0524. The highest BCUT2D eigenvalue weighted by molar-refractivity contribution is 7.44. The Labute approximate surface area is 117 Å². The largest absolute Gasteiger partial charge is 0.429 e. The lowest BCUT2D eigenvalue weighted by atomic mass is 10.7. The summed E-state index contributed by atoms with van der Waals surface area (Å²) in [5.41, 5.74) is 0. The number of rotatable bonds is 5. The molecule has 0 aliphatic carbocycles. The van der Waals surface area contributed by atoms with Gasteiger partial charge >= 0.3 is 8.53 Å². The quantitative estimate of drug-likeness (QED) is 0.515. The van der Waals surface area contributed by atoms with Gasteiger partial charge in [-0.3, -0.25) is 0 Å². The molecule has 0 amide bonds. The molecule has 0 aliphatic rings. The van der Waals surface area contributed by atoms with Crippen molar-refractivity contribution in [2.24, 2.45) is 0 Å². The average Bonchev–Trinajstić information content (AvgIpc) is 2.15. The number of nitrogens with zero attached hydrogens (tertiary/aromatic N) is 1. The zero-order chi connectivity index (χ0) is 12.9. The molecule has 0 aromatic heterocycles. The second-order valence-corrected chi connectivity index (χ2v) is 6.44. The monoisotopic (exact) mass is 325 g/mol. The van der Waals surface area contributed by atoms with Crippen molar-refractivity contribution in [1.29, 1.82) is 0 Å². The third-order valence-electron chi connectivity index (χ3n) is 1.29. The summed E-state index contributed by atoms with van der Waals surface area (Å²) in [4.78, 5) is 0. The van der Waals surface area contributed by atoms with Crippen LogP contribution in [0.5, 0.6) is 0 Å². The maximum Gasteiger partial charge on any atom is 0.383 e. The van der Waals surface area contributed by atoms with Gasteiger partial charge in [-0.25, -0.2) is 4.67 Å². The van der Waals surface area contributed by atoms with Crippen LogP contribution in [0.1, 0.15) is 13.8 Å². The molecular formula is C8H12Cl4NO2P. The van der Waals surface area contributed by atoms with Crippen LogP contribution in [0.25, 0.3) is 0 Å². The SMILES string of the molecule is CC(OP(OC(C)=C(Cl)Cl)N(C)C)=C(Cl)Cl. The molecule has 0 unspecified atom stereocenters. The first-order valence-electron chi connectivity index (χ1n) is 4.12. The fraction of sp³-hybridized carbons (Fsp3) is 0.500. The fourth-order valence-corrected chi connectivity index (χ4v) is 1.87. The lowest BCUT2D eigenvalue weighted by Gasteiger charge is -2.23. The summed E-state index contributed by atoms with van der Waals surface area (Å²) in [5, 5.41) is 0. The normalized spacial score (nSPS) is 10.4. The molecular weight excluding hydrogens is 315 g/mol. The van der Waals surface area contributed by atoms with Crippen molar-refractivity contribution in [3.05, 3.63) is 20.5 Å². The van der Waals surface area contributed by atoms with E-state index in [2.05, 4.69) is 0 Å². The molecule has 0 fully saturated rings. The molecule has 0 saturated heterocycles. The van der Waals surface area contributed by atoms with E-state index in [0.717, 1.165) is 0 Å². The van der Waals surface area contributed by atoms with Gasteiger partial charge in [-0.2, -0.15) is 0 Å². The number of hydrogen-bond acceptors (Lipinski definition) is 3. The van der Waals surface area contributed by atoms with E-state index < -0.39 is 8.53 Å². The molecule has 0 aromatic carbocycles. The van der Waals surface area contributed by atoms with E-state index in [9.17, 15) is 0 Å². The zero-order valence-electron chi connectivity index (χ0n) is 9.22. The number of hydrogen-bond donors (Lipinski definition) is 0. The van der Waals surface area contributed by atoms with Gasteiger partial charge in [0.05, 0.1) is 0 Å². The Kier molecular flexibility index (Phi) is 8.17. The second-order valence-electron chi connectivity index (χ2n) is 2.90. The molecule has 16 heavy (non-hydrogen) atoms. The first-order valence-corrected chi connectivity index (χ1v) is 6.77. The first-order chi connectivity index (χ1) is 7.25. The van der Waals surface area contributed by atoms with Gasteiger partial charge < -0.3 is 9.05 Å². The molecule has 0 heterocycles. The van der Waals surface area contributed by atoms with Crippen molar-refractivity contribution in [2.75, 3.05) is 14.1 Å². The average molecular weight is 327 g/mol. The lowest BCUT2D eigenvalue weighted by molar-refractivity contribution is 0.312. The molecule has 0 bridgehead atoms. The van der Waals surface area contributed by atoms with Crippen LogP contribution in [0.15, 0.2) is 20.5 Å². The molecule has 0 N–H and O–H groups in total. The molecule has 0 atom stereocenters. The van der Waals surface area contributed by atoms with Gasteiger partial charge in [0.2, 0.25) is 0 Å². The molecule has 3 nitrogen and oxygen atoms in total. The third kappa shape index (κ3) is 6.39. The molecule has 0 rings (SSSR count). The summed E-state index contributed by atoms with van der Waals surface area (Å²) in [6, 6.07) is 0. The van der Waals surface area contributed by atoms with E-state index in [4.69, 9.17) is 55.5 Å². The van der Waals surface area contributed by atoms with Crippen molar-refractivity contribution in [1.82, 2.24) is 4.67 Å². The Bertz CT molecular complexity index is 272. The minimum atomic E-state index is -1.38. The van der Waals surface area contributed by atoms with Gasteiger partial charge in [0.1, 0.15) is 20.5 Å². The molecule has 94 valence electrons. The predicted octanol–water partition coefficient (Wildman–Crippen LogP) is 5.14. The molecule has 0 radical (unpaired) electrons. The molecule has 0 aliphatic heterocycles. The van der Waals surface area contributed by atoms with Gasteiger partial charge in [0.15, 0.2) is 0 Å². The van der Waals surface area contributed by atoms with E-state index >= 15 is 0 Å². The van der Waals surface area contributed by atoms with Crippen molar-refractivity contribution in [3.63, 3.8) is 0 Å². The van der Waals surface area contributed by atoms with E-state index in [1.807, 2.05) is 0 Å². The summed E-state index contributed by atoms with van der Waals surface area (Å²) in [7, 11) is 2.19. The van der Waals surface area contributed by atoms with Gasteiger partial charge in [0, 0.05) is 0 Å². The van der Waals surface area contributed by atoms with Crippen LogP contribution in [0.4, 0.5) is 0 Å². The van der Waals surface area contributed by atoms with Crippen LogP contribution >= 0.6 is 54.9 Å². The van der Waals surface area contributed by atoms with Gasteiger partial charge in [-0.05, 0) is 27.9 Å². The maximum absolute atomic E-state index is 5.57. The van der Waals surface area contributed by atoms with Gasteiger partial charge in [0.25, 0.3) is 0 Å². The Balaban J connectivity index is 4.66. The molecule has 0 spiro atoms. The van der Waals surface area contributed by atoms with Gasteiger partial charge in [-0.15, -0.1) is 0 Å². The molecule has 8 heteroatoms. The maximum atomic E-state index is 5.57. The molecule has 0 saturated carbocycles. The van der Waals surface area contributed by atoms with E-state index in [0.29, 0.717) is 11.5 Å². The topological polar surface area (TPSA) is 21.7 Å². The van der Waals surface area contributed by atoms with Crippen LogP contribution in [0.3, 0.4) is 0 Å². The Morgan fingerprint density at radius 1 is 0.875 bits per heavy atom. The second kappa shape index (κ2) is 7.86. The van der Waals surface area contributed by atoms with Crippen LogP contribution in [0.2, 0.25) is 0 Å². The summed E-state index contributed by atoms with van der Waals surface area (Å²) >= 11 is 22.3. The highest BCUT2D eigenvalue weighted by Gasteiger charge is 2.20. The molecule has 0 aromatic rings. The lowest BCUT2D eigenvalue weighted by Crippen LogP contribution is -2.08. The highest BCUT2D eigenvalue weighted by atomic mass is 35.5. The predicted molar refractivity (Wildman–Crippen MR) is 71.6 cm³/mol. The van der Waals surface area contributed by atoms with Crippen LogP contribution in [-0.4, -0.2) is 18.8 Å². The van der Waals surface area contributed by atoms with Crippen LogP contribution < -0.4 is 0 Å². The van der Waals surface area contributed by atoms with Crippen LogP contribution in [0, 0.1) is 0 Å². The Morgan fingerprint density at radius 2 is 1.19 bits per heavy atom. The summed E-state index contributed by atoms with van der Waals surface area (Å²) in [6.07, 6.45) is 0. The van der Waals surface area contributed by atoms with Crippen molar-refractivity contribution >= 4 is 54.9 Å². The van der Waals surface area contributed by atoms with E-state index in [1.54, 1.807) is 32.6 Å². The van der Waals surface area contributed by atoms with Crippen molar-refractivity contribution in [2.45, 2.75) is 13.8 Å². The smallest absolute Gasteiger partial charge is 0.383 e.